The number of pyridine rings is 2. The van der Waals surface area contributed by atoms with Gasteiger partial charge in [0.05, 0.1) is 0 Å². The van der Waals surface area contributed by atoms with Gasteiger partial charge in [0.2, 0.25) is 0 Å². The third-order valence-electron chi connectivity index (χ3n) is 1.89. The minimum Gasteiger partial charge on any atom is -0.264 e. The monoisotopic (exact) mass is 253 g/mol. The Morgan fingerprint density at radius 3 is 2.44 bits per heavy atom. The van der Waals surface area contributed by atoms with Crippen LogP contribution < -0.4 is 0 Å². The van der Waals surface area contributed by atoms with Crippen LogP contribution in [0, 0.1) is 11.3 Å². The number of aromatic nitrogens is 2. The summed E-state index contributed by atoms with van der Waals surface area (Å²) < 4.78 is 0. The molecule has 0 atom stereocenters. The van der Waals surface area contributed by atoms with Gasteiger partial charge < -0.3 is 0 Å². The normalized spacial score (nSPS) is 8.19. The largest absolute Gasteiger partial charge is 0.264 e. The Balaban J connectivity index is 0.00000112. The average Bonchev–Trinajstić information content (AvgIpc) is 2.30. The molecule has 0 saturated carbocycles. The van der Waals surface area contributed by atoms with E-state index in [-0.39, 0.29) is 24.8 Å². The van der Waals surface area contributed by atoms with Crippen molar-refractivity contribution in [1.29, 1.82) is 5.26 Å². The molecule has 2 rings (SSSR count). The molecule has 2 heterocycles. The van der Waals surface area contributed by atoms with Gasteiger partial charge in [0.1, 0.15) is 11.8 Å². The molecule has 0 bridgehead atoms. The van der Waals surface area contributed by atoms with E-state index in [4.69, 9.17) is 5.26 Å². The molecule has 0 aromatic carbocycles. The van der Waals surface area contributed by atoms with Gasteiger partial charge in [-0.15, -0.1) is 24.8 Å². The SMILES string of the molecule is Cl.Cl.N#Cc1ncccc1-c1cccnc1. The highest BCUT2D eigenvalue weighted by atomic mass is 35.5. The van der Waals surface area contributed by atoms with E-state index in [1.165, 1.54) is 0 Å². The smallest absolute Gasteiger partial charge is 0.148 e. The lowest BCUT2D eigenvalue weighted by molar-refractivity contribution is 1.25. The van der Waals surface area contributed by atoms with Gasteiger partial charge in [-0.2, -0.15) is 5.26 Å². The molecule has 16 heavy (non-hydrogen) atoms. The van der Waals surface area contributed by atoms with Gasteiger partial charge in [0.15, 0.2) is 0 Å². The molecule has 0 aliphatic heterocycles. The Kier molecular flexibility index (Phi) is 6.09. The molecule has 0 aliphatic carbocycles. The lowest BCUT2D eigenvalue weighted by atomic mass is 10.1. The molecular formula is C11H9Cl2N3. The molecule has 0 aliphatic rings. The van der Waals surface area contributed by atoms with Gasteiger partial charge in [0.25, 0.3) is 0 Å². The van der Waals surface area contributed by atoms with Crippen LogP contribution in [0.15, 0.2) is 42.9 Å². The third kappa shape index (κ3) is 2.93. The maximum atomic E-state index is 8.85. The summed E-state index contributed by atoms with van der Waals surface area (Å²) >= 11 is 0. The Morgan fingerprint density at radius 1 is 1.06 bits per heavy atom. The summed E-state index contributed by atoms with van der Waals surface area (Å²) in [5.41, 5.74) is 2.17. The Morgan fingerprint density at radius 2 is 1.81 bits per heavy atom. The Bertz CT molecular complexity index is 480. The van der Waals surface area contributed by atoms with Gasteiger partial charge in [-0.05, 0) is 18.2 Å². The van der Waals surface area contributed by atoms with Crippen molar-refractivity contribution in [3.63, 3.8) is 0 Å². The molecule has 5 heteroatoms. The zero-order valence-corrected chi connectivity index (χ0v) is 9.83. The number of nitrogens with zero attached hydrogens (tertiary/aromatic N) is 3. The third-order valence-corrected chi connectivity index (χ3v) is 1.89. The summed E-state index contributed by atoms with van der Waals surface area (Å²) in [5, 5.41) is 8.85. The summed E-state index contributed by atoms with van der Waals surface area (Å²) in [4.78, 5) is 7.98. The van der Waals surface area contributed by atoms with Crippen molar-refractivity contribution in [3.05, 3.63) is 48.5 Å². The van der Waals surface area contributed by atoms with Crippen LogP contribution in [0.3, 0.4) is 0 Å². The maximum absolute atomic E-state index is 8.85. The number of hydrogen-bond acceptors (Lipinski definition) is 3. The zero-order valence-electron chi connectivity index (χ0n) is 8.20. The molecule has 3 nitrogen and oxygen atoms in total. The molecule has 0 spiro atoms. The van der Waals surface area contributed by atoms with E-state index in [9.17, 15) is 0 Å². The van der Waals surface area contributed by atoms with E-state index in [1.54, 1.807) is 18.6 Å². The fourth-order valence-corrected chi connectivity index (χ4v) is 1.25. The first-order valence-corrected chi connectivity index (χ1v) is 4.17. The first-order chi connectivity index (χ1) is 6.92. The standard InChI is InChI=1S/C11H7N3.2ClH/c12-7-11-10(4-2-6-14-11)9-3-1-5-13-8-9;;/h1-6,8H;2*1H. The lowest BCUT2D eigenvalue weighted by Crippen LogP contribution is -1.87. The van der Waals surface area contributed by atoms with Crippen molar-refractivity contribution >= 4 is 24.8 Å². The minimum absolute atomic E-state index is 0. The molecular weight excluding hydrogens is 245 g/mol. The van der Waals surface area contributed by atoms with E-state index in [1.807, 2.05) is 24.3 Å². The van der Waals surface area contributed by atoms with Crippen LogP contribution in [0.1, 0.15) is 5.69 Å². The number of rotatable bonds is 1. The van der Waals surface area contributed by atoms with Gasteiger partial charge in [-0.3, -0.25) is 4.98 Å². The van der Waals surface area contributed by atoms with Crippen molar-refractivity contribution in [2.45, 2.75) is 0 Å². The van der Waals surface area contributed by atoms with E-state index >= 15 is 0 Å². The van der Waals surface area contributed by atoms with Crippen LogP contribution >= 0.6 is 24.8 Å². The number of nitriles is 1. The van der Waals surface area contributed by atoms with Crippen molar-refractivity contribution in [2.24, 2.45) is 0 Å². The van der Waals surface area contributed by atoms with Crippen molar-refractivity contribution < 1.29 is 0 Å². The van der Waals surface area contributed by atoms with Crippen molar-refractivity contribution in [1.82, 2.24) is 9.97 Å². The molecule has 0 N–H and O–H groups in total. The minimum atomic E-state index is 0. The summed E-state index contributed by atoms with van der Waals surface area (Å²) in [6.45, 7) is 0. The summed E-state index contributed by atoms with van der Waals surface area (Å²) in [6, 6.07) is 9.47. The predicted octanol–water partition coefficient (Wildman–Crippen LogP) is 2.86. The second-order valence-electron chi connectivity index (χ2n) is 2.75. The highest BCUT2D eigenvalue weighted by Crippen LogP contribution is 2.19. The first kappa shape index (κ1) is 14.4. The van der Waals surface area contributed by atoms with Crippen LogP contribution in [0.5, 0.6) is 0 Å². The fourth-order valence-electron chi connectivity index (χ4n) is 1.25. The van der Waals surface area contributed by atoms with Crippen LogP contribution in [-0.2, 0) is 0 Å². The molecule has 0 unspecified atom stereocenters. The maximum Gasteiger partial charge on any atom is 0.148 e. The zero-order chi connectivity index (χ0) is 9.80. The van der Waals surface area contributed by atoms with Gasteiger partial charge in [-0.25, -0.2) is 4.98 Å². The number of halogens is 2. The summed E-state index contributed by atoms with van der Waals surface area (Å²) in [5.74, 6) is 0. The second kappa shape index (κ2) is 6.78. The quantitative estimate of drug-likeness (QED) is 0.786. The summed E-state index contributed by atoms with van der Waals surface area (Å²) in [7, 11) is 0. The van der Waals surface area contributed by atoms with E-state index in [0.29, 0.717) is 5.69 Å². The van der Waals surface area contributed by atoms with E-state index < -0.39 is 0 Å². The van der Waals surface area contributed by atoms with Crippen molar-refractivity contribution in [3.8, 4) is 17.2 Å². The summed E-state index contributed by atoms with van der Waals surface area (Å²) in [6.07, 6.45) is 5.03. The topological polar surface area (TPSA) is 49.6 Å². The van der Waals surface area contributed by atoms with Gasteiger partial charge in [0, 0.05) is 29.7 Å². The lowest BCUT2D eigenvalue weighted by Gasteiger charge is -2.00. The average molecular weight is 254 g/mol. The highest BCUT2D eigenvalue weighted by Gasteiger charge is 2.03. The fraction of sp³-hybridized carbons (Fsp3) is 0. The van der Waals surface area contributed by atoms with Gasteiger partial charge >= 0.3 is 0 Å². The Hall–Kier alpha value is -1.63. The first-order valence-electron chi connectivity index (χ1n) is 4.17. The second-order valence-corrected chi connectivity index (χ2v) is 2.75. The van der Waals surface area contributed by atoms with Gasteiger partial charge in [-0.1, -0.05) is 6.07 Å². The van der Waals surface area contributed by atoms with E-state index in [0.717, 1.165) is 11.1 Å². The molecule has 2 aromatic rings. The highest BCUT2D eigenvalue weighted by molar-refractivity contribution is 5.85. The van der Waals surface area contributed by atoms with E-state index in [2.05, 4.69) is 16.0 Å². The molecule has 2 aromatic heterocycles. The predicted molar refractivity (Wildman–Crippen MR) is 66.7 cm³/mol. The van der Waals surface area contributed by atoms with Crippen molar-refractivity contribution in [2.75, 3.05) is 0 Å². The molecule has 0 fully saturated rings. The number of hydrogen-bond donors (Lipinski definition) is 0. The Labute approximate surface area is 106 Å². The van der Waals surface area contributed by atoms with Crippen LogP contribution in [-0.4, -0.2) is 9.97 Å². The van der Waals surface area contributed by atoms with Crippen LogP contribution in [0.2, 0.25) is 0 Å². The molecule has 0 amide bonds. The molecule has 0 radical (unpaired) electrons. The molecule has 82 valence electrons. The van der Waals surface area contributed by atoms with Crippen LogP contribution in [0.4, 0.5) is 0 Å². The molecule has 0 saturated heterocycles. The van der Waals surface area contributed by atoms with Crippen LogP contribution in [0.25, 0.3) is 11.1 Å².